The lowest BCUT2D eigenvalue weighted by atomic mass is 10.1. The number of hydrogen-bond acceptors (Lipinski definition) is 3. The van der Waals surface area contributed by atoms with Crippen LogP contribution in [0.5, 0.6) is 0 Å². The predicted molar refractivity (Wildman–Crippen MR) is 66.6 cm³/mol. The third-order valence-electron chi connectivity index (χ3n) is 2.28. The summed E-state index contributed by atoms with van der Waals surface area (Å²) < 4.78 is 5.68. The van der Waals surface area contributed by atoms with Crippen molar-refractivity contribution in [1.82, 2.24) is 10.5 Å². The third kappa shape index (κ3) is 2.94. The number of carbonyl (C=O) groups excluding carboxylic acids is 1. The van der Waals surface area contributed by atoms with E-state index in [0.29, 0.717) is 17.9 Å². The Kier molecular flexibility index (Phi) is 3.58. The molecule has 0 fully saturated rings. The first kappa shape index (κ1) is 11.9. The van der Waals surface area contributed by atoms with Crippen molar-refractivity contribution in [3.05, 3.63) is 51.8 Å². The van der Waals surface area contributed by atoms with Gasteiger partial charge in [-0.25, -0.2) is 0 Å². The molecule has 1 aromatic heterocycles. The molecule has 2 rings (SSSR count). The fraction of sp³-hybridized carbons (Fsp3) is 0.167. The topological polar surface area (TPSA) is 55.1 Å². The summed E-state index contributed by atoms with van der Waals surface area (Å²) in [6.45, 7) is 2.31. The van der Waals surface area contributed by atoms with E-state index in [1.807, 2.05) is 19.1 Å². The highest BCUT2D eigenvalue weighted by Gasteiger charge is 2.10. The van der Waals surface area contributed by atoms with Crippen LogP contribution in [-0.2, 0) is 6.54 Å². The van der Waals surface area contributed by atoms with Crippen molar-refractivity contribution in [1.29, 1.82) is 0 Å². The van der Waals surface area contributed by atoms with Gasteiger partial charge in [-0.05, 0) is 40.5 Å². The number of nitrogens with zero attached hydrogens (tertiary/aromatic N) is 1. The van der Waals surface area contributed by atoms with Crippen LogP contribution in [0.2, 0.25) is 0 Å². The number of halogens is 1. The average Bonchev–Trinajstić information content (AvgIpc) is 2.78. The van der Waals surface area contributed by atoms with Crippen LogP contribution in [-0.4, -0.2) is 11.1 Å². The molecule has 0 aliphatic heterocycles. The van der Waals surface area contributed by atoms with Gasteiger partial charge in [0.25, 0.3) is 5.91 Å². The quantitative estimate of drug-likeness (QED) is 0.947. The normalized spacial score (nSPS) is 10.2. The molecule has 1 amide bonds. The number of aryl methyl sites for hydroxylation is 1. The summed E-state index contributed by atoms with van der Waals surface area (Å²) >= 11 is 3.37. The first-order chi connectivity index (χ1) is 8.16. The summed E-state index contributed by atoms with van der Waals surface area (Å²) in [5.74, 6) is 0.481. The molecule has 17 heavy (non-hydrogen) atoms. The van der Waals surface area contributed by atoms with E-state index in [1.165, 1.54) is 0 Å². The van der Waals surface area contributed by atoms with Gasteiger partial charge in [-0.1, -0.05) is 11.2 Å². The van der Waals surface area contributed by atoms with Gasteiger partial charge in [-0.2, -0.15) is 0 Å². The van der Waals surface area contributed by atoms with E-state index >= 15 is 0 Å². The SMILES string of the molecule is Cc1ccc(C(=O)NCc2ccno2)c(Br)c1. The Hall–Kier alpha value is -1.62. The van der Waals surface area contributed by atoms with E-state index in [9.17, 15) is 4.79 Å². The average molecular weight is 295 g/mol. The van der Waals surface area contributed by atoms with Gasteiger partial charge in [0.15, 0.2) is 5.76 Å². The summed E-state index contributed by atoms with van der Waals surface area (Å²) in [5, 5.41) is 6.33. The lowest BCUT2D eigenvalue weighted by Crippen LogP contribution is -2.22. The van der Waals surface area contributed by atoms with Crippen molar-refractivity contribution in [2.24, 2.45) is 0 Å². The highest BCUT2D eigenvalue weighted by Crippen LogP contribution is 2.18. The summed E-state index contributed by atoms with van der Waals surface area (Å²) in [5.41, 5.74) is 1.71. The standard InChI is InChI=1S/C12H11BrN2O2/c1-8-2-3-10(11(13)6-8)12(16)14-7-9-4-5-15-17-9/h2-6H,7H2,1H3,(H,14,16). The highest BCUT2D eigenvalue weighted by atomic mass is 79.9. The number of benzene rings is 1. The molecule has 0 aliphatic rings. The second-order valence-electron chi connectivity index (χ2n) is 3.64. The summed E-state index contributed by atoms with van der Waals surface area (Å²) in [6, 6.07) is 7.30. The molecule has 0 saturated heterocycles. The van der Waals surface area contributed by atoms with Crippen molar-refractivity contribution >= 4 is 21.8 Å². The Morgan fingerprint density at radius 1 is 1.47 bits per heavy atom. The second kappa shape index (κ2) is 5.14. The molecule has 0 unspecified atom stereocenters. The van der Waals surface area contributed by atoms with E-state index in [-0.39, 0.29) is 5.91 Å². The molecule has 0 bridgehead atoms. The van der Waals surface area contributed by atoms with E-state index in [1.54, 1.807) is 18.3 Å². The molecule has 2 aromatic rings. The van der Waals surface area contributed by atoms with Crippen molar-refractivity contribution < 1.29 is 9.32 Å². The maximum Gasteiger partial charge on any atom is 0.252 e. The lowest BCUT2D eigenvalue weighted by Gasteiger charge is -2.05. The number of nitrogens with one attached hydrogen (secondary N) is 1. The first-order valence-corrected chi connectivity index (χ1v) is 5.90. The van der Waals surface area contributed by atoms with Gasteiger partial charge in [0.2, 0.25) is 0 Å². The summed E-state index contributed by atoms with van der Waals surface area (Å²) in [4.78, 5) is 11.9. The predicted octanol–water partition coefficient (Wildman–Crippen LogP) is 2.68. The summed E-state index contributed by atoms with van der Waals surface area (Å²) in [7, 11) is 0. The van der Waals surface area contributed by atoms with E-state index in [0.717, 1.165) is 10.0 Å². The molecule has 0 saturated carbocycles. The van der Waals surface area contributed by atoms with Crippen LogP contribution in [0.3, 0.4) is 0 Å². The molecular weight excluding hydrogens is 284 g/mol. The number of aromatic nitrogens is 1. The van der Waals surface area contributed by atoms with Gasteiger partial charge in [-0.15, -0.1) is 0 Å². The van der Waals surface area contributed by atoms with Gasteiger partial charge >= 0.3 is 0 Å². The minimum atomic E-state index is -0.145. The van der Waals surface area contributed by atoms with Crippen LogP contribution in [0.4, 0.5) is 0 Å². The van der Waals surface area contributed by atoms with Crippen molar-refractivity contribution in [2.45, 2.75) is 13.5 Å². The Morgan fingerprint density at radius 3 is 2.94 bits per heavy atom. The highest BCUT2D eigenvalue weighted by molar-refractivity contribution is 9.10. The number of amides is 1. The molecule has 88 valence electrons. The Balaban J connectivity index is 2.04. The van der Waals surface area contributed by atoms with Gasteiger partial charge in [0.1, 0.15) is 0 Å². The Bertz CT molecular complexity index is 523. The molecule has 0 atom stereocenters. The first-order valence-electron chi connectivity index (χ1n) is 5.11. The molecule has 1 N–H and O–H groups in total. The third-order valence-corrected chi connectivity index (χ3v) is 2.94. The molecule has 1 heterocycles. The zero-order valence-electron chi connectivity index (χ0n) is 9.24. The maximum atomic E-state index is 11.9. The monoisotopic (exact) mass is 294 g/mol. The zero-order valence-corrected chi connectivity index (χ0v) is 10.8. The fourth-order valence-corrected chi connectivity index (χ4v) is 2.07. The van der Waals surface area contributed by atoms with E-state index in [2.05, 4.69) is 26.4 Å². The molecule has 0 spiro atoms. The van der Waals surface area contributed by atoms with Crippen LogP contribution in [0.1, 0.15) is 21.7 Å². The van der Waals surface area contributed by atoms with Gasteiger partial charge in [-0.3, -0.25) is 4.79 Å². The Labute approximate surface area is 107 Å². The minimum absolute atomic E-state index is 0.145. The molecule has 0 aliphatic carbocycles. The van der Waals surface area contributed by atoms with E-state index < -0.39 is 0 Å². The molecule has 1 aromatic carbocycles. The van der Waals surface area contributed by atoms with Gasteiger partial charge < -0.3 is 9.84 Å². The molecule has 5 heteroatoms. The van der Waals surface area contributed by atoms with Crippen LogP contribution in [0.15, 0.2) is 39.5 Å². The fourth-order valence-electron chi connectivity index (χ4n) is 1.40. The van der Waals surface area contributed by atoms with Crippen LogP contribution in [0, 0.1) is 6.92 Å². The largest absolute Gasteiger partial charge is 0.360 e. The molecule has 0 radical (unpaired) electrons. The van der Waals surface area contributed by atoms with Crippen molar-refractivity contribution in [2.75, 3.05) is 0 Å². The van der Waals surface area contributed by atoms with Crippen molar-refractivity contribution in [3.63, 3.8) is 0 Å². The van der Waals surface area contributed by atoms with Gasteiger partial charge in [0, 0.05) is 10.5 Å². The lowest BCUT2D eigenvalue weighted by molar-refractivity contribution is 0.0946. The molecule has 4 nitrogen and oxygen atoms in total. The zero-order chi connectivity index (χ0) is 12.3. The second-order valence-corrected chi connectivity index (χ2v) is 4.50. The Morgan fingerprint density at radius 2 is 2.29 bits per heavy atom. The smallest absolute Gasteiger partial charge is 0.252 e. The van der Waals surface area contributed by atoms with Crippen LogP contribution in [0.25, 0.3) is 0 Å². The maximum absolute atomic E-state index is 11.9. The number of carbonyl (C=O) groups is 1. The molecular formula is C12H11BrN2O2. The summed E-state index contributed by atoms with van der Waals surface area (Å²) in [6.07, 6.45) is 1.54. The van der Waals surface area contributed by atoms with Crippen LogP contribution >= 0.6 is 15.9 Å². The number of hydrogen-bond donors (Lipinski definition) is 1. The minimum Gasteiger partial charge on any atom is -0.360 e. The van der Waals surface area contributed by atoms with Gasteiger partial charge in [0.05, 0.1) is 18.3 Å². The number of rotatable bonds is 3. The van der Waals surface area contributed by atoms with Crippen molar-refractivity contribution in [3.8, 4) is 0 Å². The van der Waals surface area contributed by atoms with E-state index in [4.69, 9.17) is 4.52 Å². The van der Waals surface area contributed by atoms with Crippen LogP contribution < -0.4 is 5.32 Å².